The third kappa shape index (κ3) is 4.41. The van der Waals surface area contributed by atoms with Crippen LogP contribution in [0, 0.1) is 11.8 Å². The van der Waals surface area contributed by atoms with Crippen molar-refractivity contribution in [2.24, 2.45) is 11.8 Å². The Kier molecular flexibility index (Phi) is 6.26. The molecular weight excluding hydrogens is 276 g/mol. The highest BCUT2D eigenvalue weighted by atomic mass is 32.2. The van der Waals surface area contributed by atoms with Crippen LogP contribution in [0.5, 0.6) is 0 Å². The summed E-state index contributed by atoms with van der Waals surface area (Å²) in [6, 6.07) is 0. The molecule has 2 fully saturated rings. The zero-order chi connectivity index (χ0) is 14.4. The second kappa shape index (κ2) is 7.73. The van der Waals surface area contributed by atoms with E-state index >= 15 is 0 Å². The molecule has 2 atom stereocenters. The SMILES string of the molecule is O=S(=O)(NCC1CCCCC1CO)N1CCCCCC1. The minimum absolute atomic E-state index is 0.177. The normalized spacial score (nSPS) is 30.1. The summed E-state index contributed by atoms with van der Waals surface area (Å²) >= 11 is 0. The Labute approximate surface area is 122 Å². The maximum absolute atomic E-state index is 12.3. The van der Waals surface area contributed by atoms with Crippen LogP contribution >= 0.6 is 0 Å². The van der Waals surface area contributed by atoms with E-state index in [1.54, 1.807) is 4.31 Å². The van der Waals surface area contributed by atoms with E-state index in [4.69, 9.17) is 0 Å². The molecule has 5 nitrogen and oxygen atoms in total. The monoisotopic (exact) mass is 304 g/mol. The zero-order valence-electron chi connectivity index (χ0n) is 12.3. The van der Waals surface area contributed by atoms with Gasteiger partial charge >= 0.3 is 0 Å². The van der Waals surface area contributed by atoms with Crippen molar-refractivity contribution in [1.29, 1.82) is 0 Å². The summed E-state index contributed by atoms with van der Waals surface area (Å²) in [6.45, 7) is 1.94. The van der Waals surface area contributed by atoms with Crippen molar-refractivity contribution in [2.45, 2.75) is 51.4 Å². The van der Waals surface area contributed by atoms with E-state index in [1.807, 2.05) is 0 Å². The molecular formula is C14H28N2O3S. The van der Waals surface area contributed by atoms with Gasteiger partial charge in [0.2, 0.25) is 0 Å². The van der Waals surface area contributed by atoms with Crippen LogP contribution in [-0.2, 0) is 10.2 Å². The highest BCUT2D eigenvalue weighted by Gasteiger charge is 2.28. The molecule has 2 rings (SSSR count). The number of aliphatic hydroxyl groups excluding tert-OH is 1. The van der Waals surface area contributed by atoms with Crippen LogP contribution < -0.4 is 4.72 Å². The third-order valence-electron chi connectivity index (χ3n) is 4.73. The summed E-state index contributed by atoms with van der Waals surface area (Å²) in [5, 5.41) is 9.39. The van der Waals surface area contributed by atoms with Gasteiger partial charge in [-0.05, 0) is 37.5 Å². The van der Waals surface area contributed by atoms with Crippen molar-refractivity contribution in [2.75, 3.05) is 26.2 Å². The van der Waals surface area contributed by atoms with Gasteiger partial charge in [-0.15, -0.1) is 0 Å². The van der Waals surface area contributed by atoms with Gasteiger partial charge in [0.05, 0.1) is 0 Å². The lowest BCUT2D eigenvalue weighted by Crippen LogP contribution is -2.44. The summed E-state index contributed by atoms with van der Waals surface area (Å²) in [4.78, 5) is 0. The first-order chi connectivity index (χ1) is 9.63. The maximum atomic E-state index is 12.3. The van der Waals surface area contributed by atoms with Crippen LogP contribution in [0.2, 0.25) is 0 Å². The third-order valence-corrected chi connectivity index (χ3v) is 6.31. The van der Waals surface area contributed by atoms with Crippen molar-refractivity contribution in [3.8, 4) is 0 Å². The molecule has 2 aliphatic rings. The van der Waals surface area contributed by atoms with Gasteiger partial charge < -0.3 is 5.11 Å². The predicted octanol–water partition coefficient (Wildman–Crippen LogP) is 1.50. The minimum Gasteiger partial charge on any atom is -0.396 e. The number of nitrogens with zero attached hydrogens (tertiary/aromatic N) is 1. The van der Waals surface area contributed by atoms with Crippen molar-refractivity contribution < 1.29 is 13.5 Å². The second-order valence-corrected chi connectivity index (χ2v) is 7.91. The quantitative estimate of drug-likeness (QED) is 0.808. The fourth-order valence-corrected chi connectivity index (χ4v) is 4.73. The standard InChI is InChI=1S/C14H28N2O3S/c17-12-14-8-4-3-7-13(14)11-15-20(18,19)16-9-5-1-2-6-10-16/h13-15,17H,1-12H2. The number of hydrogen-bond acceptors (Lipinski definition) is 3. The lowest BCUT2D eigenvalue weighted by atomic mass is 9.80. The first-order valence-corrected chi connectivity index (χ1v) is 9.43. The molecule has 0 aromatic carbocycles. The Morgan fingerprint density at radius 2 is 1.55 bits per heavy atom. The Balaban J connectivity index is 1.87. The van der Waals surface area contributed by atoms with E-state index in [1.165, 1.54) is 0 Å². The number of rotatable bonds is 5. The zero-order valence-corrected chi connectivity index (χ0v) is 13.1. The van der Waals surface area contributed by atoms with Crippen LogP contribution in [0.1, 0.15) is 51.4 Å². The van der Waals surface area contributed by atoms with E-state index < -0.39 is 10.2 Å². The van der Waals surface area contributed by atoms with Crippen LogP contribution in [0.25, 0.3) is 0 Å². The van der Waals surface area contributed by atoms with E-state index in [2.05, 4.69) is 4.72 Å². The molecule has 6 heteroatoms. The molecule has 1 saturated carbocycles. The van der Waals surface area contributed by atoms with Gasteiger partial charge in [0, 0.05) is 26.2 Å². The lowest BCUT2D eigenvalue weighted by Gasteiger charge is -2.31. The number of hydrogen-bond donors (Lipinski definition) is 2. The predicted molar refractivity (Wildman–Crippen MR) is 79.5 cm³/mol. The summed E-state index contributed by atoms with van der Waals surface area (Å²) in [6.07, 6.45) is 8.52. The summed E-state index contributed by atoms with van der Waals surface area (Å²) in [7, 11) is -3.34. The maximum Gasteiger partial charge on any atom is 0.279 e. The van der Waals surface area contributed by atoms with Gasteiger partial charge in [0.1, 0.15) is 0 Å². The molecule has 0 spiro atoms. The van der Waals surface area contributed by atoms with Crippen molar-refractivity contribution in [3.05, 3.63) is 0 Å². The van der Waals surface area contributed by atoms with Gasteiger partial charge in [0.15, 0.2) is 0 Å². The highest BCUT2D eigenvalue weighted by Crippen LogP contribution is 2.29. The average molecular weight is 304 g/mol. The van der Waals surface area contributed by atoms with E-state index in [-0.39, 0.29) is 18.4 Å². The highest BCUT2D eigenvalue weighted by molar-refractivity contribution is 7.87. The molecule has 2 N–H and O–H groups in total. The summed E-state index contributed by atoms with van der Waals surface area (Å²) in [5.74, 6) is 0.547. The molecule has 2 unspecified atom stereocenters. The molecule has 118 valence electrons. The molecule has 1 aliphatic heterocycles. The fourth-order valence-electron chi connectivity index (χ4n) is 3.38. The first-order valence-electron chi connectivity index (χ1n) is 7.99. The molecule has 0 radical (unpaired) electrons. The van der Waals surface area contributed by atoms with Crippen molar-refractivity contribution in [3.63, 3.8) is 0 Å². The molecule has 0 aromatic rings. The van der Waals surface area contributed by atoms with Gasteiger partial charge in [-0.25, -0.2) is 4.72 Å². The summed E-state index contributed by atoms with van der Waals surface area (Å²) in [5.41, 5.74) is 0. The second-order valence-electron chi connectivity index (χ2n) is 6.15. The van der Waals surface area contributed by atoms with Crippen LogP contribution in [0.15, 0.2) is 0 Å². The molecule has 1 aliphatic carbocycles. The average Bonchev–Trinajstić information content (AvgIpc) is 2.75. The Morgan fingerprint density at radius 1 is 0.950 bits per heavy atom. The lowest BCUT2D eigenvalue weighted by molar-refractivity contribution is 0.136. The number of aliphatic hydroxyl groups is 1. The van der Waals surface area contributed by atoms with Gasteiger partial charge in [0.25, 0.3) is 10.2 Å². The van der Waals surface area contributed by atoms with E-state index in [9.17, 15) is 13.5 Å². The van der Waals surface area contributed by atoms with Gasteiger partial charge in [-0.2, -0.15) is 12.7 Å². The molecule has 0 aromatic heterocycles. The molecule has 1 saturated heterocycles. The first kappa shape index (κ1) is 16.2. The van der Waals surface area contributed by atoms with Gasteiger partial charge in [-0.3, -0.25) is 0 Å². The van der Waals surface area contributed by atoms with Crippen LogP contribution in [0.3, 0.4) is 0 Å². The molecule has 20 heavy (non-hydrogen) atoms. The Bertz CT molecular complexity index is 378. The minimum atomic E-state index is -3.34. The molecule has 0 bridgehead atoms. The Hall–Kier alpha value is -0.170. The fraction of sp³-hybridized carbons (Fsp3) is 1.00. The smallest absolute Gasteiger partial charge is 0.279 e. The largest absolute Gasteiger partial charge is 0.396 e. The summed E-state index contributed by atoms with van der Waals surface area (Å²) < 4.78 is 29.0. The van der Waals surface area contributed by atoms with E-state index in [0.29, 0.717) is 19.6 Å². The van der Waals surface area contributed by atoms with Gasteiger partial charge in [-0.1, -0.05) is 25.7 Å². The van der Waals surface area contributed by atoms with Crippen molar-refractivity contribution >= 4 is 10.2 Å². The van der Waals surface area contributed by atoms with Crippen molar-refractivity contribution in [1.82, 2.24) is 9.03 Å². The Morgan fingerprint density at radius 3 is 2.15 bits per heavy atom. The topological polar surface area (TPSA) is 69.6 Å². The van der Waals surface area contributed by atoms with E-state index in [0.717, 1.165) is 51.4 Å². The molecule has 1 heterocycles. The van der Waals surface area contributed by atoms with Crippen LogP contribution in [-0.4, -0.2) is 44.1 Å². The van der Waals surface area contributed by atoms with Crippen LogP contribution in [0.4, 0.5) is 0 Å². The molecule has 0 amide bonds. The number of nitrogens with one attached hydrogen (secondary N) is 1.